The number of carbonyl (C=O) groups is 1. The van der Waals surface area contributed by atoms with Crippen molar-refractivity contribution in [3.8, 4) is 5.88 Å². The first kappa shape index (κ1) is 17.9. The number of Topliss-reactive ketones (excluding diaryl/α,β-unsaturated/α-hetero) is 1. The Morgan fingerprint density at radius 1 is 1.32 bits per heavy atom. The molecule has 3 heterocycles. The van der Waals surface area contributed by atoms with Crippen molar-refractivity contribution >= 4 is 16.8 Å². The third-order valence-electron chi connectivity index (χ3n) is 5.06. The number of fused-ring (bicyclic) bond motifs is 1. The SMILES string of the molecule is CCC(CC)Oc1ccc2c(C(=O)CC3CCNCC3)nn(C)c2n1. The van der Waals surface area contributed by atoms with Crippen molar-refractivity contribution in [2.24, 2.45) is 13.0 Å². The summed E-state index contributed by atoms with van der Waals surface area (Å²) in [6, 6.07) is 3.77. The molecular formula is C19H28N4O2. The first-order valence-electron chi connectivity index (χ1n) is 9.36. The topological polar surface area (TPSA) is 69.0 Å². The highest BCUT2D eigenvalue weighted by Crippen LogP contribution is 2.25. The number of ether oxygens (including phenoxy) is 1. The second-order valence-corrected chi connectivity index (χ2v) is 6.87. The maximum atomic E-state index is 12.7. The van der Waals surface area contributed by atoms with Crippen LogP contribution in [0.4, 0.5) is 0 Å². The van der Waals surface area contributed by atoms with Crippen LogP contribution in [0.5, 0.6) is 5.88 Å². The van der Waals surface area contributed by atoms with Gasteiger partial charge in [-0.15, -0.1) is 0 Å². The molecule has 25 heavy (non-hydrogen) atoms. The van der Waals surface area contributed by atoms with Crippen LogP contribution in [0.15, 0.2) is 12.1 Å². The van der Waals surface area contributed by atoms with Gasteiger partial charge in [0.2, 0.25) is 5.88 Å². The Morgan fingerprint density at radius 2 is 2.04 bits per heavy atom. The molecule has 0 spiro atoms. The lowest BCUT2D eigenvalue weighted by Crippen LogP contribution is -2.29. The molecule has 136 valence electrons. The van der Waals surface area contributed by atoms with Gasteiger partial charge in [0.05, 0.1) is 11.5 Å². The van der Waals surface area contributed by atoms with Crippen LogP contribution in [0.25, 0.3) is 11.0 Å². The number of nitrogens with zero attached hydrogens (tertiary/aromatic N) is 3. The number of rotatable bonds is 7. The van der Waals surface area contributed by atoms with Crippen LogP contribution in [0.2, 0.25) is 0 Å². The van der Waals surface area contributed by atoms with Gasteiger partial charge < -0.3 is 10.1 Å². The summed E-state index contributed by atoms with van der Waals surface area (Å²) >= 11 is 0. The molecule has 0 aromatic carbocycles. The Morgan fingerprint density at radius 3 is 2.72 bits per heavy atom. The van der Waals surface area contributed by atoms with E-state index in [2.05, 4.69) is 29.2 Å². The second kappa shape index (κ2) is 7.95. The molecule has 1 N–H and O–H groups in total. The average Bonchev–Trinajstić information content (AvgIpc) is 2.97. The maximum Gasteiger partial charge on any atom is 0.215 e. The molecule has 0 amide bonds. The number of nitrogens with one attached hydrogen (secondary N) is 1. The van der Waals surface area contributed by atoms with Crippen molar-refractivity contribution in [3.63, 3.8) is 0 Å². The number of aromatic nitrogens is 3. The van der Waals surface area contributed by atoms with Crippen LogP contribution in [0, 0.1) is 5.92 Å². The maximum absolute atomic E-state index is 12.7. The number of hydrogen-bond donors (Lipinski definition) is 1. The van der Waals surface area contributed by atoms with E-state index in [1.807, 2.05) is 19.2 Å². The van der Waals surface area contributed by atoms with Crippen LogP contribution >= 0.6 is 0 Å². The fourth-order valence-electron chi connectivity index (χ4n) is 3.46. The summed E-state index contributed by atoms with van der Waals surface area (Å²) in [6.07, 6.45) is 4.74. The van der Waals surface area contributed by atoms with Crippen molar-refractivity contribution in [1.82, 2.24) is 20.1 Å². The molecule has 6 heteroatoms. The van der Waals surface area contributed by atoms with Crippen LogP contribution in [0.3, 0.4) is 0 Å². The molecule has 2 aromatic rings. The number of ketones is 1. The average molecular weight is 344 g/mol. The van der Waals surface area contributed by atoms with Gasteiger partial charge in [-0.3, -0.25) is 4.79 Å². The first-order valence-corrected chi connectivity index (χ1v) is 9.36. The quantitative estimate of drug-likeness (QED) is 0.782. The van der Waals surface area contributed by atoms with Gasteiger partial charge in [0.25, 0.3) is 0 Å². The molecule has 3 rings (SSSR count). The molecule has 2 aromatic heterocycles. The largest absolute Gasteiger partial charge is 0.474 e. The molecule has 0 unspecified atom stereocenters. The Balaban J connectivity index is 1.81. The summed E-state index contributed by atoms with van der Waals surface area (Å²) in [5.41, 5.74) is 1.25. The fourth-order valence-corrected chi connectivity index (χ4v) is 3.46. The van der Waals surface area contributed by atoms with E-state index in [1.165, 1.54) is 0 Å². The zero-order valence-electron chi connectivity index (χ0n) is 15.4. The van der Waals surface area contributed by atoms with Crippen molar-refractivity contribution in [2.45, 2.75) is 52.1 Å². The van der Waals surface area contributed by atoms with Crippen molar-refractivity contribution in [3.05, 3.63) is 17.8 Å². The van der Waals surface area contributed by atoms with E-state index in [4.69, 9.17) is 4.74 Å². The molecule has 0 aliphatic carbocycles. The monoisotopic (exact) mass is 344 g/mol. The van der Waals surface area contributed by atoms with E-state index in [9.17, 15) is 4.79 Å². The van der Waals surface area contributed by atoms with Crippen LogP contribution in [-0.2, 0) is 7.05 Å². The van der Waals surface area contributed by atoms with Gasteiger partial charge in [-0.25, -0.2) is 4.68 Å². The van der Waals surface area contributed by atoms with E-state index < -0.39 is 0 Å². The predicted molar refractivity (Wildman–Crippen MR) is 98.0 cm³/mol. The van der Waals surface area contributed by atoms with Crippen LogP contribution in [0.1, 0.15) is 56.4 Å². The molecule has 6 nitrogen and oxygen atoms in total. The van der Waals surface area contributed by atoms with Gasteiger partial charge in [0.15, 0.2) is 11.4 Å². The van der Waals surface area contributed by atoms with Crippen molar-refractivity contribution in [2.75, 3.05) is 13.1 Å². The number of carbonyl (C=O) groups excluding carboxylic acids is 1. The van der Waals surface area contributed by atoms with Gasteiger partial charge in [0, 0.05) is 19.5 Å². The molecule has 1 aliphatic rings. The van der Waals surface area contributed by atoms with E-state index in [0.29, 0.717) is 29.6 Å². The number of hydrogen-bond acceptors (Lipinski definition) is 5. The van der Waals surface area contributed by atoms with Gasteiger partial charge in [-0.1, -0.05) is 13.8 Å². The van der Waals surface area contributed by atoms with E-state index in [1.54, 1.807) is 4.68 Å². The summed E-state index contributed by atoms with van der Waals surface area (Å²) in [7, 11) is 1.83. The van der Waals surface area contributed by atoms with Gasteiger partial charge in [-0.05, 0) is 50.8 Å². The Labute approximate surface area is 149 Å². The molecule has 0 bridgehead atoms. The minimum atomic E-state index is 0.118. The summed E-state index contributed by atoms with van der Waals surface area (Å²) in [4.78, 5) is 17.3. The third kappa shape index (κ3) is 4.00. The molecule has 1 aliphatic heterocycles. The second-order valence-electron chi connectivity index (χ2n) is 6.87. The Bertz CT molecular complexity index is 730. The number of pyridine rings is 1. The summed E-state index contributed by atoms with van der Waals surface area (Å²) in [5, 5.41) is 8.60. The highest BCUT2D eigenvalue weighted by molar-refractivity contribution is 6.05. The van der Waals surface area contributed by atoms with E-state index in [0.717, 1.165) is 44.2 Å². The molecule has 0 atom stereocenters. The third-order valence-corrected chi connectivity index (χ3v) is 5.06. The fraction of sp³-hybridized carbons (Fsp3) is 0.632. The van der Waals surface area contributed by atoms with Crippen LogP contribution < -0.4 is 10.1 Å². The number of aryl methyl sites for hydroxylation is 1. The summed E-state index contributed by atoms with van der Waals surface area (Å²) in [6.45, 7) is 6.21. The smallest absolute Gasteiger partial charge is 0.215 e. The van der Waals surface area contributed by atoms with Gasteiger partial charge >= 0.3 is 0 Å². The minimum Gasteiger partial charge on any atom is -0.474 e. The van der Waals surface area contributed by atoms with Gasteiger partial charge in [-0.2, -0.15) is 10.1 Å². The minimum absolute atomic E-state index is 0.118. The summed E-state index contributed by atoms with van der Waals surface area (Å²) < 4.78 is 7.61. The predicted octanol–water partition coefficient (Wildman–Crippen LogP) is 3.11. The number of piperidine rings is 1. The molecule has 0 saturated carbocycles. The molecule has 1 fully saturated rings. The lowest BCUT2D eigenvalue weighted by Gasteiger charge is -2.21. The molecular weight excluding hydrogens is 316 g/mol. The van der Waals surface area contributed by atoms with Crippen molar-refractivity contribution in [1.29, 1.82) is 0 Å². The van der Waals surface area contributed by atoms with Crippen molar-refractivity contribution < 1.29 is 9.53 Å². The molecule has 1 saturated heterocycles. The van der Waals surface area contributed by atoms with E-state index in [-0.39, 0.29) is 11.9 Å². The normalized spacial score (nSPS) is 15.8. The van der Waals surface area contributed by atoms with Crippen LogP contribution in [-0.4, -0.2) is 39.7 Å². The van der Waals surface area contributed by atoms with E-state index >= 15 is 0 Å². The van der Waals surface area contributed by atoms with Gasteiger partial charge in [0.1, 0.15) is 5.69 Å². The standard InChI is InChI=1S/C19H28N4O2/c1-4-14(5-2)25-17-7-6-15-18(22-23(3)19(15)21-17)16(24)12-13-8-10-20-11-9-13/h6-7,13-14,20H,4-5,8-12H2,1-3H3. The highest BCUT2D eigenvalue weighted by atomic mass is 16.5. The molecule has 0 radical (unpaired) electrons. The lowest BCUT2D eigenvalue weighted by atomic mass is 9.91. The lowest BCUT2D eigenvalue weighted by molar-refractivity contribution is 0.0948. The Hall–Kier alpha value is -1.95. The summed E-state index contributed by atoms with van der Waals surface area (Å²) in [5.74, 6) is 1.17. The highest BCUT2D eigenvalue weighted by Gasteiger charge is 2.22. The first-order chi connectivity index (χ1) is 12.1. The zero-order chi connectivity index (χ0) is 17.8. The Kier molecular flexibility index (Phi) is 5.68. The zero-order valence-corrected chi connectivity index (χ0v) is 15.4.